The molecule has 4 heteroatoms. The fourth-order valence-corrected chi connectivity index (χ4v) is 1.92. The molecule has 0 saturated carbocycles. The number of hydrogen-bond donors (Lipinski definition) is 1. The summed E-state index contributed by atoms with van der Waals surface area (Å²) in [7, 11) is 0. The molecular weight excluding hydrogens is 207 g/mol. The van der Waals surface area contributed by atoms with Crippen LogP contribution in [0.25, 0.3) is 0 Å². The Labute approximate surface area is 89.7 Å². The molecule has 1 aliphatic heterocycles. The molecule has 1 rings (SSSR count). The van der Waals surface area contributed by atoms with E-state index in [9.17, 15) is 0 Å². The molecule has 0 bridgehead atoms. The molecule has 76 valence electrons. The predicted octanol–water partition coefficient (Wildman–Crippen LogP) is 2.12. The number of piperidine rings is 1. The van der Waals surface area contributed by atoms with Crippen LogP contribution in [0.4, 0.5) is 0 Å². The SMILES string of the molecule is C[C@@H]1[C@H](N)CCCN1C/C(Cl)=C/Cl. The van der Waals surface area contributed by atoms with Gasteiger partial charge in [0.15, 0.2) is 0 Å². The first-order valence-electron chi connectivity index (χ1n) is 4.59. The summed E-state index contributed by atoms with van der Waals surface area (Å²) in [6.45, 7) is 3.93. The fourth-order valence-electron chi connectivity index (χ4n) is 1.70. The maximum Gasteiger partial charge on any atom is 0.0434 e. The topological polar surface area (TPSA) is 29.3 Å². The van der Waals surface area contributed by atoms with E-state index in [0.29, 0.717) is 11.1 Å². The lowest BCUT2D eigenvalue weighted by molar-refractivity contribution is 0.155. The van der Waals surface area contributed by atoms with Gasteiger partial charge in [-0.1, -0.05) is 23.2 Å². The van der Waals surface area contributed by atoms with Crippen LogP contribution in [0.3, 0.4) is 0 Å². The van der Waals surface area contributed by atoms with E-state index in [2.05, 4.69) is 11.8 Å². The van der Waals surface area contributed by atoms with Crippen molar-refractivity contribution in [2.24, 2.45) is 5.73 Å². The highest BCUT2D eigenvalue weighted by molar-refractivity contribution is 6.36. The average molecular weight is 223 g/mol. The Kier molecular flexibility index (Phi) is 4.53. The summed E-state index contributed by atoms with van der Waals surface area (Å²) < 4.78 is 0. The third-order valence-corrected chi connectivity index (χ3v) is 3.25. The lowest BCUT2D eigenvalue weighted by atomic mass is 9.98. The van der Waals surface area contributed by atoms with Crippen LogP contribution in [0.15, 0.2) is 10.6 Å². The number of rotatable bonds is 2. The van der Waals surface area contributed by atoms with Crippen LogP contribution in [-0.4, -0.2) is 30.1 Å². The highest BCUT2D eigenvalue weighted by atomic mass is 35.5. The molecule has 2 N–H and O–H groups in total. The minimum atomic E-state index is 0.272. The van der Waals surface area contributed by atoms with Gasteiger partial charge in [0.25, 0.3) is 0 Å². The molecule has 0 aromatic rings. The Bertz CT molecular complexity index is 194. The van der Waals surface area contributed by atoms with Crippen LogP contribution >= 0.6 is 23.2 Å². The normalized spacial score (nSPS) is 32.2. The zero-order valence-corrected chi connectivity index (χ0v) is 9.35. The summed E-state index contributed by atoms with van der Waals surface area (Å²) in [6.07, 6.45) is 2.26. The van der Waals surface area contributed by atoms with Crippen molar-refractivity contribution in [3.63, 3.8) is 0 Å². The second-order valence-electron chi connectivity index (χ2n) is 3.57. The van der Waals surface area contributed by atoms with Gasteiger partial charge in [0.2, 0.25) is 0 Å². The smallest absolute Gasteiger partial charge is 0.0434 e. The molecule has 0 amide bonds. The fraction of sp³-hybridized carbons (Fsp3) is 0.778. The van der Waals surface area contributed by atoms with Crippen LogP contribution in [0.1, 0.15) is 19.8 Å². The lowest BCUT2D eigenvalue weighted by Gasteiger charge is -2.37. The van der Waals surface area contributed by atoms with Gasteiger partial charge in [-0.2, -0.15) is 0 Å². The number of likely N-dealkylation sites (tertiary alicyclic amines) is 1. The van der Waals surface area contributed by atoms with E-state index < -0.39 is 0 Å². The Balaban J connectivity index is 2.48. The third kappa shape index (κ3) is 3.13. The summed E-state index contributed by atoms with van der Waals surface area (Å²) in [5, 5.41) is 0.683. The van der Waals surface area contributed by atoms with Gasteiger partial charge in [0.1, 0.15) is 0 Å². The number of hydrogen-bond acceptors (Lipinski definition) is 2. The van der Waals surface area contributed by atoms with Crippen molar-refractivity contribution in [1.29, 1.82) is 0 Å². The van der Waals surface area contributed by atoms with Gasteiger partial charge in [0.05, 0.1) is 0 Å². The van der Waals surface area contributed by atoms with E-state index >= 15 is 0 Å². The van der Waals surface area contributed by atoms with Gasteiger partial charge in [-0.3, -0.25) is 4.90 Å². The van der Waals surface area contributed by atoms with E-state index in [4.69, 9.17) is 28.9 Å². The number of halogens is 2. The molecular formula is C9H16Cl2N2. The second-order valence-corrected chi connectivity index (χ2v) is 4.28. The van der Waals surface area contributed by atoms with Crippen molar-refractivity contribution >= 4 is 23.2 Å². The standard InChI is InChI=1S/C9H16Cl2N2/c1-7-9(12)3-2-4-13(7)6-8(11)5-10/h5,7,9H,2-4,6,12H2,1H3/b8-5-/t7-,9-/m1/s1. The molecule has 1 saturated heterocycles. The van der Waals surface area contributed by atoms with Gasteiger partial charge >= 0.3 is 0 Å². The van der Waals surface area contributed by atoms with Crippen molar-refractivity contribution in [1.82, 2.24) is 4.90 Å². The summed E-state index contributed by atoms with van der Waals surface area (Å²) in [6, 6.07) is 0.674. The molecule has 2 nitrogen and oxygen atoms in total. The molecule has 1 heterocycles. The van der Waals surface area contributed by atoms with Crippen LogP contribution in [0.5, 0.6) is 0 Å². The summed E-state index contributed by atoms with van der Waals surface area (Å²) in [5.41, 5.74) is 7.37. The summed E-state index contributed by atoms with van der Waals surface area (Å²) in [4.78, 5) is 2.27. The monoisotopic (exact) mass is 222 g/mol. The van der Waals surface area contributed by atoms with E-state index in [0.717, 1.165) is 25.9 Å². The van der Waals surface area contributed by atoms with Crippen molar-refractivity contribution < 1.29 is 0 Å². The van der Waals surface area contributed by atoms with Crippen molar-refractivity contribution in [2.45, 2.75) is 31.8 Å². The quantitative estimate of drug-likeness (QED) is 0.776. The average Bonchev–Trinajstić information content (AvgIpc) is 2.13. The van der Waals surface area contributed by atoms with Crippen molar-refractivity contribution in [3.05, 3.63) is 10.6 Å². The van der Waals surface area contributed by atoms with Crippen molar-refractivity contribution in [3.8, 4) is 0 Å². The Morgan fingerprint density at radius 3 is 3.00 bits per heavy atom. The molecule has 0 aromatic heterocycles. The molecule has 13 heavy (non-hydrogen) atoms. The first kappa shape index (κ1) is 11.3. The van der Waals surface area contributed by atoms with E-state index in [1.54, 1.807) is 0 Å². The number of nitrogens with two attached hydrogens (primary N) is 1. The minimum absolute atomic E-state index is 0.272. The first-order chi connectivity index (χ1) is 6.15. The molecule has 0 unspecified atom stereocenters. The van der Waals surface area contributed by atoms with E-state index in [-0.39, 0.29) is 6.04 Å². The molecule has 1 aliphatic rings. The predicted molar refractivity (Wildman–Crippen MR) is 58.0 cm³/mol. The van der Waals surface area contributed by atoms with Crippen LogP contribution in [-0.2, 0) is 0 Å². The van der Waals surface area contributed by atoms with E-state index in [1.807, 2.05) is 0 Å². The number of nitrogens with zero attached hydrogens (tertiary/aromatic N) is 1. The Morgan fingerprint density at radius 2 is 2.38 bits per heavy atom. The van der Waals surface area contributed by atoms with Gasteiger partial charge in [-0.25, -0.2) is 0 Å². The lowest BCUT2D eigenvalue weighted by Crippen LogP contribution is -2.50. The van der Waals surface area contributed by atoms with Gasteiger partial charge in [0, 0.05) is 29.2 Å². The molecule has 0 radical (unpaired) electrons. The molecule has 0 aliphatic carbocycles. The molecule has 0 aromatic carbocycles. The van der Waals surface area contributed by atoms with Gasteiger partial charge in [-0.05, 0) is 26.3 Å². The largest absolute Gasteiger partial charge is 0.326 e. The van der Waals surface area contributed by atoms with Crippen LogP contribution in [0, 0.1) is 0 Å². The Hall–Kier alpha value is 0.240. The zero-order chi connectivity index (χ0) is 9.84. The molecule has 0 spiro atoms. The maximum atomic E-state index is 5.95. The molecule has 1 fully saturated rings. The first-order valence-corrected chi connectivity index (χ1v) is 5.41. The minimum Gasteiger partial charge on any atom is -0.326 e. The molecule has 2 atom stereocenters. The van der Waals surface area contributed by atoms with Gasteiger partial charge < -0.3 is 5.73 Å². The highest BCUT2D eigenvalue weighted by Crippen LogP contribution is 2.18. The van der Waals surface area contributed by atoms with Crippen LogP contribution < -0.4 is 5.73 Å². The second kappa shape index (κ2) is 5.20. The highest BCUT2D eigenvalue weighted by Gasteiger charge is 2.24. The summed E-state index contributed by atoms with van der Waals surface area (Å²) in [5.74, 6) is 0. The van der Waals surface area contributed by atoms with Crippen molar-refractivity contribution in [2.75, 3.05) is 13.1 Å². The maximum absolute atomic E-state index is 5.95. The van der Waals surface area contributed by atoms with Crippen LogP contribution in [0.2, 0.25) is 0 Å². The Morgan fingerprint density at radius 1 is 1.69 bits per heavy atom. The van der Waals surface area contributed by atoms with E-state index in [1.165, 1.54) is 5.54 Å². The third-order valence-electron chi connectivity index (χ3n) is 2.65. The zero-order valence-electron chi connectivity index (χ0n) is 7.84. The summed E-state index contributed by atoms with van der Waals surface area (Å²) >= 11 is 11.4. The van der Waals surface area contributed by atoms with Gasteiger partial charge in [-0.15, -0.1) is 0 Å².